The number of carbonyl (C=O) groups excluding carboxylic acids is 1. The lowest BCUT2D eigenvalue weighted by molar-refractivity contribution is 0.0635. The Morgan fingerprint density at radius 3 is 2.71 bits per heavy atom. The number of hydrogen-bond acceptors (Lipinski definition) is 6. The number of imidazole rings is 2. The molecule has 0 radical (unpaired) electrons. The molecule has 0 saturated carbocycles. The maximum Gasteiger partial charge on any atom is 0.414 e. The van der Waals surface area contributed by atoms with Gasteiger partial charge in [-0.1, -0.05) is 31.2 Å². The maximum atomic E-state index is 12.1. The molecule has 0 aromatic carbocycles. The molecule has 31 heavy (non-hydrogen) atoms. The van der Waals surface area contributed by atoms with Crippen LogP contribution in [0.4, 0.5) is 10.7 Å². The van der Waals surface area contributed by atoms with Crippen LogP contribution in [0.25, 0.3) is 22.6 Å². The summed E-state index contributed by atoms with van der Waals surface area (Å²) in [7, 11) is -1.19. The van der Waals surface area contributed by atoms with Gasteiger partial charge in [-0.25, -0.2) is 14.8 Å². The Bertz CT molecular complexity index is 1070. The van der Waals surface area contributed by atoms with Crippen molar-refractivity contribution in [1.29, 1.82) is 0 Å². The average molecular weight is 465 g/mol. The quantitative estimate of drug-likeness (QED) is 0.370. The molecule has 1 amide bonds. The second kappa shape index (κ2) is 8.97. The van der Waals surface area contributed by atoms with Crippen molar-refractivity contribution in [2.75, 3.05) is 11.9 Å². The van der Waals surface area contributed by atoms with Gasteiger partial charge in [-0.3, -0.25) is 14.9 Å². The van der Waals surface area contributed by atoms with Gasteiger partial charge in [-0.05, 0) is 32.9 Å². The molecule has 0 saturated heterocycles. The minimum atomic E-state index is -1.19. The van der Waals surface area contributed by atoms with Gasteiger partial charge in [0.25, 0.3) is 0 Å². The highest BCUT2D eigenvalue weighted by molar-refractivity contribution is 6.76. The molecule has 2 N–H and O–H groups in total. The third kappa shape index (κ3) is 6.28. The lowest BCUT2D eigenvalue weighted by Gasteiger charge is -2.18. The summed E-state index contributed by atoms with van der Waals surface area (Å²) in [5.74, 6) is 0.799. The lowest BCUT2D eigenvalue weighted by atomic mass is 10.2. The highest BCUT2D eigenvalue weighted by Gasteiger charge is 2.20. The number of halogens is 1. The Hall–Kier alpha value is -2.43. The van der Waals surface area contributed by atoms with Crippen molar-refractivity contribution in [1.82, 2.24) is 24.5 Å². The fourth-order valence-corrected chi connectivity index (χ4v) is 3.69. The van der Waals surface area contributed by atoms with Crippen LogP contribution in [-0.2, 0) is 16.2 Å². The predicted octanol–water partition coefficient (Wildman–Crippen LogP) is 5.13. The third-order valence-corrected chi connectivity index (χ3v) is 6.26. The van der Waals surface area contributed by atoms with Crippen LogP contribution < -0.4 is 5.32 Å². The minimum Gasteiger partial charge on any atom is -0.444 e. The molecule has 3 heterocycles. The molecule has 168 valence electrons. The van der Waals surface area contributed by atoms with Crippen LogP contribution in [0, 0.1) is 0 Å². The first-order valence-electron chi connectivity index (χ1n) is 10.1. The number of pyridine rings is 1. The van der Waals surface area contributed by atoms with Crippen LogP contribution in [-0.4, -0.2) is 50.9 Å². The SMILES string of the molecule is CC(C)(C)OC(=O)Nc1nc2c(-c3ncc(Cl)n3COCC[Si](C)(C)C)nccc2[nH]1. The van der Waals surface area contributed by atoms with E-state index < -0.39 is 19.8 Å². The molecule has 0 atom stereocenters. The smallest absolute Gasteiger partial charge is 0.414 e. The lowest BCUT2D eigenvalue weighted by Crippen LogP contribution is -2.27. The molecule has 3 aromatic heterocycles. The van der Waals surface area contributed by atoms with Crippen molar-refractivity contribution in [3.05, 3.63) is 23.6 Å². The van der Waals surface area contributed by atoms with E-state index in [0.29, 0.717) is 34.3 Å². The number of nitrogens with one attached hydrogen (secondary N) is 2. The van der Waals surface area contributed by atoms with Crippen LogP contribution in [0.15, 0.2) is 18.5 Å². The van der Waals surface area contributed by atoms with Crippen LogP contribution >= 0.6 is 11.6 Å². The molecular formula is C20H29ClN6O3Si. The average Bonchev–Trinajstić information content (AvgIpc) is 3.19. The summed E-state index contributed by atoms with van der Waals surface area (Å²) in [5, 5.41) is 3.06. The first-order valence-corrected chi connectivity index (χ1v) is 14.2. The minimum absolute atomic E-state index is 0.258. The fraction of sp³-hybridized carbons (Fsp3) is 0.500. The van der Waals surface area contributed by atoms with E-state index in [1.165, 1.54) is 0 Å². The number of fused-ring (bicyclic) bond motifs is 1. The van der Waals surface area contributed by atoms with Crippen LogP contribution in [0.5, 0.6) is 0 Å². The summed E-state index contributed by atoms with van der Waals surface area (Å²) < 4.78 is 12.9. The van der Waals surface area contributed by atoms with Crippen molar-refractivity contribution in [2.45, 2.75) is 58.8 Å². The highest BCUT2D eigenvalue weighted by atomic mass is 35.5. The van der Waals surface area contributed by atoms with E-state index in [1.807, 2.05) is 0 Å². The van der Waals surface area contributed by atoms with Gasteiger partial charge in [0.15, 0.2) is 5.82 Å². The van der Waals surface area contributed by atoms with E-state index in [-0.39, 0.29) is 12.7 Å². The Kier molecular flexibility index (Phi) is 6.72. The number of nitrogens with zero attached hydrogens (tertiary/aromatic N) is 4. The summed E-state index contributed by atoms with van der Waals surface area (Å²) >= 11 is 6.35. The van der Waals surface area contributed by atoms with Gasteiger partial charge in [0.1, 0.15) is 28.7 Å². The second-order valence-corrected chi connectivity index (χ2v) is 15.5. The first kappa shape index (κ1) is 23.2. The number of aromatic amines is 1. The van der Waals surface area contributed by atoms with Gasteiger partial charge < -0.3 is 14.5 Å². The number of rotatable bonds is 7. The maximum absolute atomic E-state index is 12.1. The molecule has 3 aromatic rings. The summed E-state index contributed by atoms with van der Waals surface area (Å²) in [6.45, 7) is 13.2. The summed E-state index contributed by atoms with van der Waals surface area (Å²) in [4.78, 5) is 28.5. The summed E-state index contributed by atoms with van der Waals surface area (Å²) in [5.41, 5.74) is 1.17. The van der Waals surface area contributed by atoms with Gasteiger partial charge in [0.2, 0.25) is 5.95 Å². The molecule has 3 rings (SSSR count). The second-order valence-electron chi connectivity index (χ2n) is 9.45. The number of aromatic nitrogens is 5. The molecule has 0 aliphatic carbocycles. The molecule has 0 aliphatic rings. The Labute approximate surface area is 187 Å². The molecule has 0 spiro atoms. The van der Waals surface area contributed by atoms with E-state index in [9.17, 15) is 4.79 Å². The standard InChI is InChI=1S/C20H29ClN6O3Si/c1-20(2,3)30-19(28)26-18-24-13-7-8-22-16(15(13)25-18)17-23-11-14(21)27(17)12-29-9-10-31(4,5)6/h7-8,11H,9-10,12H2,1-6H3,(H2,24,25,26,28). The monoisotopic (exact) mass is 464 g/mol. The fourth-order valence-electron chi connectivity index (χ4n) is 2.76. The van der Waals surface area contributed by atoms with Crippen LogP contribution in [0.2, 0.25) is 30.8 Å². The number of hydrogen-bond donors (Lipinski definition) is 2. The summed E-state index contributed by atoms with van der Waals surface area (Å²) in [6, 6.07) is 2.83. The largest absolute Gasteiger partial charge is 0.444 e. The normalized spacial score (nSPS) is 12.4. The molecule has 0 unspecified atom stereocenters. The van der Waals surface area contributed by atoms with Crippen molar-refractivity contribution in [3.8, 4) is 11.5 Å². The van der Waals surface area contributed by atoms with Crippen LogP contribution in [0.1, 0.15) is 20.8 Å². The van der Waals surface area contributed by atoms with E-state index >= 15 is 0 Å². The molecular weight excluding hydrogens is 436 g/mol. The van der Waals surface area contributed by atoms with E-state index in [1.54, 1.807) is 43.8 Å². The third-order valence-electron chi connectivity index (χ3n) is 4.26. The zero-order valence-electron chi connectivity index (χ0n) is 18.7. The van der Waals surface area contributed by atoms with Crippen molar-refractivity contribution < 1.29 is 14.3 Å². The molecule has 9 nitrogen and oxygen atoms in total. The topological polar surface area (TPSA) is 107 Å². The number of anilines is 1. The zero-order chi connectivity index (χ0) is 22.8. The van der Waals surface area contributed by atoms with Crippen molar-refractivity contribution >= 4 is 42.7 Å². The van der Waals surface area contributed by atoms with E-state index in [4.69, 9.17) is 21.1 Å². The van der Waals surface area contributed by atoms with Gasteiger partial charge in [-0.15, -0.1) is 0 Å². The Balaban J connectivity index is 1.83. The van der Waals surface area contributed by atoms with Gasteiger partial charge in [0.05, 0.1) is 11.7 Å². The Morgan fingerprint density at radius 2 is 2.03 bits per heavy atom. The van der Waals surface area contributed by atoms with E-state index in [2.05, 4.69) is 44.9 Å². The molecule has 0 bridgehead atoms. The van der Waals surface area contributed by atoms with Gasteiger partial charge >= 0.3 is 6.09 Å². The van der Waals surface area contributed by atoms with Gasteiger partial charge in [0, 0.05) is 20.9 Å². The first-order chi connectivity index (χ1) is 14.4. The number of H-pyrrole nitrogens is 1. The van der Waals surface area contributed by atoms with Crippen molar-refractivity contribution in [2.24, 2.45) is 0 Å². The van der Waals surface area contributed by atoms with Crippen LogP contribution in [0.3, 0.4) is 0 Å². The van der Waals surface area contributed by atoms with Gasteiger partial charge in [-0.2, -0.15) is 0 Å². The summed E-state index contributed by atoms with van der Waals surface area (Å²) in [6.07, 6.45) is 2.61. The highest BCUT2D eigenvalue weighted by Crippen LogP contribution is 2.28. The molecule has 0 aliphatic heterocycles. The molecule has 0 fully saturated rings. The molecule has 11 heteroatoms. The van der Waals surface area contributed by atoms with Crippen molar-refractivity contribution in [3.63, 3.8) is 0 Å². The number of amides is 1. The van der Waals surface area contributed by atoms with E-state index in [0.717, 1.165) is 6.04 Å². The number of ether oxygens (including phenoxy) is 2. The Morgan fingerprint density at radius 1 is 1.29 bits per heavy atom. The zero-order valence-corrected chi connectivity index (χ0v) is 20.5. The number of carbonyl (C=O) groups is 1. The predicted molar refractivity (Wildman–Crippen MR) is 124 cm³/mol.